The van der Waals surface area contributed by atoms with E-state index in [2.05, 4.69) is 15.0 Å². The highest BCUT2D eigenvalue weighted by Gasteiger charge is 2.29. The number of aromatic nitrogens is 4. The van der Waals surface area contributed by atoms with E-state index in [9.17, 15) is 9.59 Å². The number of carbonyl (C=O) groups is 1. The Morgan fingerprint density at radius 3 is 3.12 bits per heavy atom. The maximum atomic E-state index is 12.6. The zero-order chi connectivity index (χ0) is 16.9. The van der Waals surface area contributed by atoms with Crippen molar-refractivity contribution in [1.29, 1.82) is 0 Å². The van der Waals surface area contributed by atoms with E-state index in [0.29, 0.717) is 37.7 Å². The molecule has 0 saturated carbocycles. The summed E-state index contributed by atoms with van der Waals surface area (Å²) in [6.45, 7) is 3.87. The SMILES string of the molecule is Cc1nc(C2COCCN2C(=O)CCCn2ccnc2)cc(=O)[nH]1. The number of aryl methyl sites for hydroxylation is 2. The average molecular weight is 331 g/mol. The zero-order valence-corrected chi connectivity index (χ0v) is 13.6. The molecule has 24 heavy (non-hydrogen) atoms. The molecule has 0 aliphatic carbocycles. The molecule has 1 saturated heterocycles. The minimum atomic E-state index is -0.305. The summed E-state index contributed by atoms with van der Waals surface area (Å²) >= 11 is 0. The van der Waals surface area contributed by atoms with Crippen molar-refractivity contribution in [2.75, 3.05) is 19.8 Å². The number of hydrogen-bond acceptors (Lipinski definition) is 5. The summed E-state index contributed by atoms with van der Waals surface area (Å²) < 4.78 is 7.45. The third-order valence-electron chi connectivity index (χ3n) is 4.04. The summed E-state index contributed by atoms with van der Waals surface area (Å²) in [5.74, 6) is 0.596. The molecule has 2 aromatic rings. The molecule has 3 rings (SSSR count). The van der Waals surface area contributed by atoms with Crippen molar-refractivity contribution < 1.29 is 9.53 Å². The Morgan fingerprint density at radius 2 is 2.38 bits per heavy atom. The van der Waals surface area contributed by atoms with Crippen LogP contribution in [-0.2, 0) is 16.1 Å². The van der Waals surface area contributed by atoms with Gasteiger partial charge >= 0.3 is 0 Å². The second kappa shape index (κ2) is 7.39. The van der Waals surface area contributed by atoms with Gasteiger partial charge in [-0.1, -0.05) is 0 Å². The Bertz CT molecular complexity index is 740. The molecule has 3 heterocycles. The number of hydrogen-bond donors (Lipinski definition) is 1. The Hall–Kier alpha value is -2.48. The van der Waals surface area contributed by atoms with Crippen molar-refractivity contribution in [3.63, 3.8) is 0 Å². The van der Waals surface area contributed by atoms with Gasteiger partial charge in [-0.05, 0) is 13.3 Å². The van der Waals surface area contributed by atoms with E-state index in [0.717, 1.165) is 13.0 Å². The summed E-state index contributed by atoms with van der Waals surface area (Å²) in [5, 5.41) is 0. The summed E-state index contributed by atoms with van der Waals surface area (Å²) in [6.07, 6.45) is 6.52. The van der Waals surface area contributed by atoms with Gasteiger partial charge < -0.3 is 19.2 Å². The minimum absolute atomic E-state index is 0.0585. The highest BCUT2D eigenvalue weighted by atomic mass is 16.5. The number of carbonyl (C=O) groups excluding carboxylic acids is 1. The van der Waals surface area contributed by atoms with Crippen molar-refractivity contribution in [2.45, 2.75) is 32.4 Å². The highest BCUT2D eigenvalue weighted by Crippen LogP contribution is 2.23. The molecule has 1 aliphatic rings. The number of ether oxygens (including phenoxy) is 1. The number of aromatic amines is 1. The van der Waals surface area contributed by atoms with E-state index in [1.807, 2.05) is 10.8 Å². The number of imidazole rings is 1. The van der Waals surface area contributed by atoms with Gasteiger partial charge in [0.2, 0.25) is 5.91 Å². The molecule has 8 heteroatoms. The average Bonchev–Trinajstić information content (AvgIpc) is 3.07. The number of H-pyrrole nitrogens is 1. The maximum absolute atomic E-state index is 12.6. The van der Waals surface area contributed by atoms with Gasteiger partial charge in [-0.25, -0.2) is 9.97 Å². The quantitative estimate of drug-likeness (QED) is 0.868. The molecular formula is C16H21N5O3. The molecule has 1 amide bonds. The van der Waals surface area contributed by atoms with E-state index in [1.54, 1.807) is 24.3 Å². The molecule has 1 fully saturated rings. The van der Waals surface area contributed by atoms with Crippen LogP contribution in [0.2, 0.25) is 0 Å². The summed E-state index contributed by atoms with van der Waals surface area (Å²) in [5.41, 5.74) is 0.370. The third-order valence-corrected chi connectivity index (χ3v) is 4.04. The molecule has 1 aliphatic heterocycles. The molecule has 128 valence electrons. The summed E-state index contributed by atoms with van der Waals surface area (Å²) in [6, 6.07) is 1.14. The molecule has 1 unspecified atom stereocenters. The number of rotatable bonds is 5. The molecule has 8 nitrogen and oxygen atoms in total. The molecule has 1 N–H and O–H groups in total. The van der Waals surface area contributed by atoms with Gasteiger partial charge in [0.05, 0.1) is 31.3 Å². The van der Waals surface area contributed by atoms with Crippen molar-refractivity contribution in [3.8, 4) is 0 Å². The van der Waals surface area contributed by atoms with Gasteiger partial charge in [-0.3, -0.25) is 9.59 Å². The van der Waals surface area contributed by atoms with Crippen molar-refractivity contribution >= 4 is 5.91 Å². The smallest absolute Gasteiger partial charge is 0.251 e. The number of morpholine rings is 1. The predicted molar refractivity (Wildman–Crippen MR) is 86.3 cm³/mol. The minimum Gasteiger partial charge on any atom is -0.377 e. The largest absolute Gasteiger partial charge is 0.377 e. The molecule has 2 aromatic heterocycles. The van der Waals surface area contributed by atoms with E-state index in [-0.39, 0.29) is 17.5 Å². The van der Waals surface area contributed by atoms with Crippen LogP contribution in [0.4, 0.5) is 0 Å². The lowest BCUT2D eigenvalue weighted by Crippen LogP contribution is -2.44. The van der Waals surface area contributed by atoms with E-state index in [4.69, 9.17) is 4.74 Å². The lowest BCUT2D eigenvalue weighted by Gasteiger charge is -2.35. The van der Waals surface area contributed by atoms with Crippen LogP contribution in [0, 0.1) is 6.92 Å². The van der Waals surface area contributed by atoms with Crippen molar-refractivity contribution in [3.05, 3.63) is 46.7 Å². The second-order valence-corrected chi connectivity index (χ2v) is 5.84. The van der Waals surface area contributed by atoms with Crippen molar-refractivity contribution in [1.82, 2.24) is 24.4 Å². The predicted octanol–water partition coefficient (Wildman–Crippen LogP) is 0.655. The number of nitrogens with zero attached hydrogens (tertiary/aromatic N) is 4. The topological polar surface area (TPSA) is 93.1 Å². The third kappa shape index (κ3) is 3.88. The monoisotopic (exact) mass is 331 g/mol. The first-order valence-corrected chi connectivity index (χ1v) is 8.04. The summed E-state index contributed by atoms with van der Waals surface area (Å²) in [7, 11) is 0. The van der Waals surface area contributed by atoms with E-state index < -0.39 is 0 Å². The second-order valence-electron chi connectivity index (χ2n) is 5.84. The molecule has 0 aromatic carbocycles. The Kier molecular flexibility index (Phi) is 5.05. The van der Waals surface area contributed by atoms with Crippen LogP contribution < -0.4 is 5.56 Å². The number of nitrogens with one attached hydrogen (secondary N) is 1. The first-order valence-electron chi connectivity index (χ1n) is 8.04. The van der Waals surface area contributed by atoms with Gasteiger partial charge in [0.25, 0.3) is 5.56 Å². The summed E-state index contributed by atoms with van der Waals surface area (Å²) in [4.78, 5) is 37.1. The van der Waals surface area contributed by atoms with Gasteiger partial charge in [-0.15, -0.1) is 0 Å². The molecule has 0 radical (unpaired) electrons. The maximum Gasteiger partial charge on any atom is 0.251 e. The first-order chi connectivity index (χ1) is 11.6. The van der Waals surface area contributed by atoms with Crippen LogP contribution in [0.15, 0.2) is 29.6 Å². The highest BCUT2D eigenvalue weighted by molar-refractivity contribution is 5.76. The lowest BCUT2D eigenvalue weighted by molar-refractivity contribution is -0.140. The zero-order valence-electron chi connectivity index (χ0n) is 13.6. The fraction of sp³-hybridized carbons (Fsp3) is 0.500. The first kappa shape index (κ1) is 16.4. The van der Waals surface area contributed by atoms with Crippen LogP contribution in [0.25, 0.3) is 0 Å². The van der Waals surface area contributed by atoms with Crippen LogP contribution in [0.3, 0.4) is 0 Å². The van der Waals surface area contributed by atoms with Crippen LogP contribution in [0.1, 0.15) is 30.4 Å². The fourth-order valence-electron chi connectivity index (χ4n) is 2.90. The van der Waals surface area contributed by atoms with E-state index >= 15 is 0 Å². The molecule has 1 atom stereocenters. The molecule has 0 spiro atoms. The molecular weight excluding hydrogens is 310 g/mol. The lowest BCUT2D eigenvalue weighted by atomic mass is 10.1. The van der Waals surface area contributed by atoms with Gasteiger partial charge in [0, 0.05) is 38.0 Å². The normalized spacial score (nSPS) is 17.9. The Balaban J connectivity index is 1.67. The van der Waals surface area contributed by atoms with E-state index in [1.165, 1.54) is 6.07 Å². The Labute approximate surface area is 139 Å². The van der Waals surface area contributed by atoms with Gasteiger partial charge in [0.1, 0.15) is 5.82 Å². The van der Waals surface area contributed by atoms with Crippen molar-refractivity contribution in [2.24, 2.45) is 0 Å². The van der Waals surface area contributed by atoms with Crippen LogP contribution >= 0.6 is 0 Å². The standard InChI is InChI=1S/C16H21N5O3/c1-12-18-13(9-15(22)19-12)14-10-24-8-7-21(14)16(23)3-2-5-20-6-4-17-11-20/h4,6,9,11,14H,2-3,5,7-8,10H2,1H3,(H,18,19,22). The van der Waals surface area contributed by atoms with Gasteiger partial charge in [0.15, 0.2) is 0 Å². The Morgan fingerprint density at radius 1 is 1.50 bits per heavy atom. The van der Waals surface area contributed by atoms with Crippen LogP contribution in [0.5, 0.6) is 0 Å². The number of amides is 1. The molecule has 0 bridgehead atoms. The fourth-order valence-corrected chi connectivity index (χ4v) is 2.90. The van der Waals surface area contributed by atoms with Gasteiger partial charge in [-0.2, -0.15) is 0 Å². The van der Waals surface area contributed by atoms with Crippen LogP contribution in [-0.4, -0.2) is 50.1 Å².